The van der Waals surface area contributed by atoms with Gasteiger partial charge in [0, 0.05) is 26.2 Å². The van der Waals surface area contributed by atoms with E-state index in [4.69, 9.17) is 4.74 Å². The number of hydrogen-bond acceptors (Lipinski definition) is 6. The van der Waals surface area contributed by atoms with Crippen LogP contribution in [0.4, 0.5) is 9.52 Å². The maximum Gasteiger partial charge on any atom is 0.309 e. The van der Waals surface area contributed by atoms with Crippen molar-refractivity contribution < 1.29 is 18.7 Å². The third-order valence-corrected chi connectivity index (χ3v) is 6.91. The molecule has 2 aliphatic heterocycles. The van der Waals surface area contributed by atoms with E-state index in [0.29, 0.717) is 44.6 Å². The van der Waals surface area contributed by atoms with Crippen LogP contribution in [0.25, 0.3) is 10.2 Å². The number of ether oxygens (including phenoxy) is 1. The van der Waals surface area contributed by atoms with E-state index in [2.05, 4.69) is 9.88 Å². The number of hydrogen-bond donors (Lipinski definition) is 0. The number of halogens is 1. The smallest absolute Gasteiger partial charge is 0.309 e. The van der Waals surface area contributed by atoms with E-state index in [1.807, 2.05) is 17.9 Å². The molecule has 0 spiro atoms. The van der Waals surface area contributed by atoms with E-state index < -0.39 is 0 Å². The van der Waals surface area contributed by atoms with E-state index in [1.54, 1.807) is 6.07 Å². The Kier molecular flexibility index (Phi) is 5.99. The Morgan fingerprint density at radius 1 is 1.21 bits per heavy atom. The van der Waals surface area contributed by atoms with Gasteiger partial charge in [-0.2, -0.15) is 0 Å². The van der Waals surface area contributed by atoms with Crippen LogP contribution in [0.2, 0.25) is 0 Å². The summed E-state index contributed by atoms with van der Waals surface area (Å²) < 4.78 is 19.9. The number of carbonyl (C=O) groups excluding carboxylic acids is 2. The number of nitrogens with zero attached hydrogens (tertiary/aromatic N) is 3. The largest absolute Gasteiger partial charge is 0.466 e. The average Bonchev–Trinajstić information content (AvgIpc) is 3.19. The maximum atomic E-state index is 14.0. The molecule has 8 heteroatoms. The summed E-state index contributed by atoms with van der Waals surface area (Å²) in [5.74, 6) is -0.478. The van der Waals surface area contributed by atoms with E-state index in [0.717, 1.165) is 29.2 Å². The monoisotopic (exact) mass is 419 g/mol. The predicted molar refractivity (Wildman–Crippen MR) is 110 cm³/mol. The molecular formula is C21H26FN3O3S. The Labute approximate surface area is 173 Å². The van der Waals surface area contributed by atoms with E-state index in [1.165, 1.54) is 17.4 Å². The van der Waals surface area contributed by atoms with Crippen LogP contribution in [0.15, 0.2) is 18.2 Å². The van der Waals surface area contributed by atoms with E-state index in [-0.39, 0.29) is 29.5 Å². The highest BCUT2D eigenvalue weighted by atomic mass is 32.1. The molecule has 2 aromatic rings. The molecule has 1 atom stereocenters. The van der Waals surface area contributed by atoms with Gasteiger partial charge in [-0.15, -0.1) is 0 Å². The predicted octanol–water partition coefficient (Wildman–Crippen LogP) is 3.45. The van der Waals surface area contributed by atoms with Crippen LogP contribution in [0.1, 0.15) is 32.6 Å². The minimum Gasteiger partial charge on any atom is -0.466 e. The molecule has 3 heterocycles. The molecular weight excluding hydrogens is 393 g/mol. The first-order valence-electron chi connectivity index (χ1n) is 10.3. The van der Waals surface area contributed by atoms with Gasteiger partial charge in [0.15, 0.2) is 5.13 Å². The van der Waals surface area contributed by atoms with Crippen LogP contribution in [-0.2, 0) is 14.3 Å². The number of benzene rings is 1. The van der Waals surface area contributed by atoms with Crippen molar-refractivity contribution in [1.29, 1.82) is 0 Å². The van der Waals surface area contributed by atoms with E-state index >= 15 is 0 Å². The number of carbonyl (C=O) groups is 2. The fraction of sp³-hybridized carbons (Fsp3) is 0.571. The highest BCUT2D eigenvalue weighted by Crippen LogP contribution is 2.33. The number of para-hydroxylation sites is 1. The third kappa shape index (κ3) is 4.22. The van der Waals surface area contributed by atoms with Crippen molar-refractivity contribution in [2.75, 3.05) is 37.7 Å². The summed E-state index contributed by atoms with van der Waals surface area (Å²) >= 11 is 1.47. The van der Waals surface area contributed by atoms with Crippen LogP contribution in [0.3, 0.4) is 0 Å². The molecule has 0 N–H and O–H groups in total. The first kappa shape index (κ1) is 20.1. The molecule has 1 amide bonds. The standard InChI is InChI=1S/C21H26FN3O3S/c1-2-28-20(27)14-8-11-24(12-9-14)19(26)15-5-4-10-25(13-15)21-23-18-16(22)6-3-7-17(18)29-21/h3,6-7,14-15H,2,4-5,8-13H2,1H3. The molecule has 4 rings (SSSR count). The zero-order chi connectivity index (χ0) is 20.4. The highest BCUT2D eigenvalue weighted by molar-refractivity contribution is 7.22. The van der Waals surface area contributed by atoms with Gasteiger partial charge in [-0.3, -0.25) is 9.59 Å². The summed E-state index contributed by atoms with van der Waals surface area (Å²) in [7, 11) is 0. The van der Waals surface area contributed by atoms with Crippen LogP contribution < -0.4 is 4.90 Å². The summed E-state index contributed by atoms with van der Waals surface area (Å²) in [4.78, 5) is 33.5. The third-order valence-electron chi connectivity index (χ3n) is 5.83. The van der Waals surface area contributed by atoms with Crippen molar-refractivity contribution >= 4 is 38.6 Å². The minimum absolute atomic E-state index is 0.0836. The van der Waals surface area contributed by atoms with Gasteiger partial charge in [0.2, 0.25) is 5.91 Å². The number of fused-ring (bicyclic) bond motifs is 1. The number of thiazole rings is 1. The molecule has 2 aliphatic rings. The molecule has 2 fully saturated rings. The Hall–Kier alpha value is -2.22. The molecule has 0 bridgehead atoms. The van der Waals surface area contributed by atoms with Gasteiger partial charge in [0.25, 0.3) is 0 Å². The molecule has 156 valence electrons. The minimum atomic E-state index is -0.306. The van der Waals surface area contributed by atoms with Gasteiger partial charge in [0.05, 0.1) is 23.1 Å². The lowest BCUT2D eigenvalue weighted by molar-refractivity contribution is -0.151. The van der Waals surface area contributed by atoms with Crippen molar-refractivity contribution in [1.82, 2.24) is 9.88 Å². The summed E-state index contributed by atoms with van der Waals surface area (Å²) in [6.45, 7) is 4.85. The van der Waals surface area contributed by atoms with Crippen molar-refractivity contribution in [2.45, 2.75) is 32.6 Å². The van der Waals surface area contributed by atoms with Gasteiger partial charge < -0.3 is 14.5 Å². The first-order chi connectivity index (χ1) is 14.1. The molecule has 2 saturated heterocycles. The zero-order valence-electron chi connectivity index (χ0n) is 16.6. The van der Waals surface area contributed by atoms with Crippen LogP contribution in [0, 0.1) is 17.7 Å². The molecule has 0 aliphatic carbocycles. The fourth-order valence-corrected chi connectivity index (χ4v) is 5.26. The number of aromatic nitrogens is 1. The maximum absolute atomic E-state index is 14.0. The molecule has 0 saturated carbocycles. The number of rotatable bonds is 4. The van der Waals surface area contributed by atoms with Crippen molar-refractivity contribution in [2.24, 2.45) is 11.8 Å². The number of esters is 1. The van der Waals surface area contributed by atoms with Gasteiger partial charge in [-0.1, -0.05) is 17.4 Å². The van der Waals surface area contributed by atoms with E-state index in [9.17, 15) is 14.0 Å². The second-order valence-electron chi connectivity index (χ2n) is 7.72. The molecule has 1 aromatic carbocycles. The number of piperidine rings is 2. The number of amides is 1. The average molecular weight is 420 g/mol. The second kappa shape index (κ2) is 8.65. The van der Waals surface area contributed by atoms with Gasteiger partial charge in [0.1, 0.15) is 11.3 Å². The number of likely N-dealkylation sites (tertiary alicyclic amines) is 1. The van der Waals surface area contributed by atoms with Crippen LogP contribution >= 0.6 is 11.3 Å². The molecule has 0 radical (unpaired) electrons. The SMILES string of the molecule is CCOC(=O)C1CCN(C(=O)C2CCCN(c3nc4c(F)cccc4s3)C2)CC1. The molecule has 29 heavy (non-hydrogen) atoms. The lowest BCUT2D eigenvalue weighted by Gasteiger charge is -2.37. The lowest BCUT2D eigenvalue weighted by Crippen LogP contribution is -2.48. The zero-order valence-corrected chi connectivity index (χ0v) is 17.4. The van der Waals surface area contributed by atoms with Gasteiger partial charge in [-0.25, -0.2) is 9.37 Å². The fourth-order valence-electron chi connectivity index (χ4n) is 4.24. The summed E-state index contributed by atoms with van der Waals surface area (Å²) in [6, 6.07) is 5.00. The van der Waals surface area contributed by atoms with Crippen molar-refractivity contribution in [3.05, 3.63) is 24.0 Å². The molecule has 1 unspecified atom stereocenters. The number of anilines is 1. The van der Waals surface area contributed by atoms with Crippen LogP contribution in [0.5, 0.6) is 0 Å². The Bertz CT molecular complexity index is 894. The van der Waals surface area contributed by atoms with Crippen molar-refractivity contribution in [3.63, 3.8) is 0 Å². The van der Waals surface area contributed by atoms with Crippen molar-refractivity contribution in [3.8, 4) is 0 Å². The first-order valence-corrected chi connectivity index (χ1v) is 11.1. The second-order valence-corrected chi connectivity index (χ2v) is 8.73. The highest BCUT2D eigenvalue weighted by Gasteiger charge is 2.34. The Morgan fingerprint density at radius 2 is 2.00 bits per heavy atom. The molecule has 1 aromatic heterocycles. The normalized spacial score (nSPS) is 20.8. The quantitative estimate of drug-likeness (QED) is 0.711. The Balaban J connectivity index is 1.38. The lowest BCUT2D eigenvalue weighted by atomic mass is 9.93. The van der Waals surface area contributed by atoms with Gasteiger partial charge >= 0.3 is 5.97 Å². The van der Waals surface area contributed by atoms with Gasteiger partial charge in [-0.05, 0) is 44.7 Å². The molecule has 6 nitrogen and oxygen atoms in total. The Morgan fingerprint density at radius 3 is 2.72 bits per heavy atom. The summed E-state index contributed by atoms with van der Waals surface area (Å²) in [5.41, 5.74) is 0.405. The summed E-state index contributed by atoms with van der Waals surface area (Å²) in [5, 5.41) is 0.781. The summed E-state index contributed by atoms with van der Waals surface area (Å²) in [6.07, 6.45) is 3.09. The topological polar surface area (TPSA) is 62.7 Å². The van der Waals surface area contributed by atoms with Crippen LogP contribution in [-0.4, -0.2) is 54.5 Å².